The van der Waals surface area contributed by atoms with E-state index in [9.17, 15) is 0 Å². The maximum atomic E-state index is 5.25. The third-order valence-corrected chi connectivity index (χ3v) is 5.42. The van der Waals surface area contributed by atoms with Gasteiger partial charge in [-0.15, -0.1) is 11.3 Å². The molecule has 1 heterocycles. The maximum Gasteiger partial charge on any atom is 0.119 e. The molecule has 1 atom stereocenters. The van der Waals surface area contributed by atoms with Crippen LogP contribution in [-0.4, -0.2) is 7.11 Å². The lowest BCUT2D eigenvalue weighted by molar-refractivity contribution is 0.414. The van der Waals surface area contributed by atoms with E-state index in [2.05, 4.69) is 53.4 Å². The molecule has 2 aromatic rings. The Balaban J connectivity index is 2.37. The van der Waals surface area contributed by atoms with E-state index in [1.807, 2.05) is 17.4 Å². The Labute approximate surface area is 121 Å². The summed E-state index contributed by atoms with van der Waals surface area (Å²) in [5.41, 5.74) is 4.00. The minimum atomic E-state index is 0.276. The molecular weight excluding hydrogens is 308 g/mol. The van der Waals surface area contributed by atoms with E-state index in [4.69, 9.17) is 4.74 Å². The summed E-state index contributed by atoms with van der Waals surface area (Å²) in [5.74, 6) is 0.915. The Morgan fingerprint density at radius 2 is 2.11 bits per heavy atom. The van der Waals surface area contributed by atoms with Gasteiger partial charge in [0.1, 0.15) is 5.75 Å². The lowest BCUT2D eigenvalue weighted by Crippen LogP contribution is -1.97. The van der Waals surface area contributed by atoms with Gasteiger partial charge in [-0.05, 0) is 53.6 Å². The Hall–Kier alpha value is -0.800. The normalized spacial score (nSPS) is 12.4. The van der Waals surface area contributed by atoms with E-state index in [1.165, 1.54) is 21.6 Å². The van der Waals surface area contributed by atoms with E-state index >= 15 is 0 Å². The first-order chi connectivity index (χ1) is 8.67. The first-order valence-corrected chi connectivity index (χ1v) is 7.81. The average Bonchev–Trinajstić information content (AvgIpc) is 2.86. The molecule has 0 aliphatic carbocycles. The van der Waals surface area contributed by atoms with Gasteiger partial charge in [-0.3, -0.25) is 0 Å². The number of halogens is 1. The van der Waals surface area contributed by atoms with Crippen LogP contribution in [0.4, 0.5) is 0 Å². The number of ether oxygens (including phenoxy) is 1. The smallest absolute Gasteiger partial charge is 0.119 e. The number of hydrogen-bond acceptors (Lipinski definition) is 2. The molecule has 0 aliphatic heterocycles. The summed E-state index contributed by atoms with van der Waals surface area (Å²) in [6, 6.07) is 8.47. The van der Waals surface area contributed by atoms with Crippen molar-refractivity contribution in [3.8, 4) is 5.75 Å². The highest BCUT2D eigenvalue weighted by molar-refractivity contribution is 9.09. The van der Waals surface area contributed by atoms with Crippen molar-refractivity contribution in [2.75, 3.05) is 7.11 Å². The summed E-state index contributed by atoms with van der Waals surface area (Å²) < 4.78 is 5.25. The quantitative estimate of drug-likeness (QED) is 0.710. The molecule has 1 unspecified atom stereocenters. The molecule has 0 N–H and O–H groups in total. The zero-order valence-electron chi connectivity index (χ0n) is 10.9. The largest absolute Gasteiger partial charge is 0.497 e. The molecule has 3 heteroatoms. The second-order valence-electron chi connectivity index (χ2n) is 4.25. The number of thiophene rings is 1. The van der Waals surface area contributed by atoms with Gasteiger partial charge in [-0.25, -0.2) is 0 Å². The zero-order valence-corrected chi connectivity index (χ0v) is 13.3. The zero-order chi connectivity index (χ0) is 13.1. The molecule has 1 nitrogen and oxygen atoms in total. The SMILES string of the molecule is CCc1ccsc1C(Br)c1ccc(OC)cc1C. The molecular formula is C15H17BrOS. The van der Waals surface area contributed by atoms with Gasteiger partial charge in [0.05, 0.1) is 11.9 Å². The second-order valence-corrected chi connectivity index (χ2v) is 6.11. The van der Waals surface area contributed by atoms with Crippen molar-refractivity contribution in [1.82, 2.24) is 0 Å². The number of hydrogen-bond donors (Lipinski definition) is 0. The summed E-state index contributed by atoms with van der Waals surface area (Å²) >= 11 is 5.65. The number of aryl methyl sites for hydroxylation is 2. The molecule has 0 saturated carbocycles. The van der Waals surface area contributed by atoms with Crippen molar-refractivity contribution in [2.45, 2.75) is 25.1 Å². The molecule has 1 aromatic heterocycles. The lowest BCUT2D eigenvalue weighted by Gasteiger charge is -2.14. The van der Waals surface area contributed by atoms with Gasteiger partial charge in [-0.1, -0.05) is 28.9 Å². The molecule has 2 rings (SSSR count). The average molecular weight is 325 g/mol. The van der Waals surface area contributed by atoms with Crippen LogP contribution in [0.15, 0.2) is 29.6 Å². The monoisotopic (exact) mass is 324 g/mol. The summed E-state index contributed by atoms with van der Waals surface area (Å²) in [6.07, 6.45) is 1.08. The van der Waals surface area contributed by atoms with Gasteiger partial charge >= 0.3 is 0 Å². The van der Waals surface area contributed by atoms with Crippen LogP contribution in [0.2, 0.25) is 0 Å². The van der Waals surface area contributed by atoms with Crippen molar-refractivity contribution in [2.24, 2.45) is 0 Å². The molecule has 0 amide bonds. The molecule has 0 spiro atoms. The van der Waals surface area contributed by atoms with Gasteiger partial charge in [0.15, 0.2) is 0 Å². The highest BCUT2D eigenvalue weighted by Crippen LogP contribution is 2.38. The van der Waals surface area contributed by atoms with Crippen molar-refractivity contribution in [3.05, 3.63) is 51.2 Å². The summed E-state index contributed by atoms with van der Waals surface area (Å²) in [7, 11) is 1.70. The van der Waals surface area contributed by atoms with Crippen molar-refractivity contribution >= 4 is 27.3 Å². The maximum absolute atomic E-state index is 5.25. The van der Waals surface area contributed by atoms with Crippen LogP contribution in [0.1, 0.15) is 33.3 Å². The first kappa shape index (κ1) is 13.6. The van der Waals surface area contributed by atoms with Crippen LogP contribution in [0.25, 0.3) is 0 Å². The Morgan fingerprint density at radius 1 is 1.33 bits per heavy atom. The van der Waals surface area contributed by atoms with Gasteiger partial charge in [0.25, 0.3) is 0 Å². The standard InChI is InChI=1S/C15H17BrOS/c1-4-11-7-8-18-15(11)14(16)13-6-5-12(17-3)9-10(13)2/h5-9,14H,4H2,1-3H3. The van der Waals surface area contributed by atoms with Gasteiger partial charge in [0.2, 0.25) is 0 Å². The molecule has 0 bridgehead atoms. The minimum Gasteiger partial charge on any atom is -0.497 e. The third-order valence-electron chi connectivity index (χ3n) is 3.14. The lowest BCUT2D eigenvalue weighted by atomic mass is 10.0. The number of alkyl halides is 1. The van der Waals surface area contributed by atoms with Crippen LogP contribution >= 0.6 is 27.3 Å². The van der Waals surface area contributed by atoms with Crippen LogP contribution in [0, 0.1) is 6.92 Å². The third kappa shape index (κ3) is 2.62. The molecule has 0 saturated heterocycles. The Morgan fingerprint density at radius 3 is 2.72 bits per heavy atom. The number of benzene rings is 1. The number of rotatable bonds is 4. The van der Waals surface area contributed by atoms with Crippen molar-refractivity contribution in [1.29, 1.82) is 0 Å². The minimum absolute atomic E-state index is 0.276. The molecule has 18 heavy (non-hydrogen) atoms. The highest BCUT2D eigenvalue weighted by atomic mass is 79.9. The molecule has 96 valence electrons. The second kappa shape index (κ2) is 5.89. The highest BCUT2D eigenvalue weighted by Gasteiger charge is 2.17. The molecule has 0 fully saturated rings. The van der Waals surface area contributed by atoms with E-state index in [1.54, 1.807) is 7.11 Å². The van der Waals surface area contributed by atoms with Crippen molar-refractivity contribution < 1.29 is 4.74 Å². The Kier molecular flexibility index (Phi) is 4.46. The van der Waals surface area contributed by atoms with Gasteiger partial charge in [0, 0.05) is 4.88 Å². The topological polar surface area (TPSA) is 9.23 Å². The number of methoxy groups -OCH3 is 1. The summed E-state index contributed by atoms with van der Waals surface area (Å²) in [6.45, 7) is 4.33. The Bertz CT molecular complexity index is 533. The predicted octanol–water partition coefficient (Wildman–Crippen LogP) is 5.11. The van der Waals surface area contributed by atoms with Crippen LogP contribution in [-0.2, 0) is 6.42 Å². The van der Waals surface area contributed by atoms with Gasteiger partial charge < -0.3 is 4.74 Å². The summed E-state index contributed by atoms with van der Waals surface area (Å²) in [4.78, 5) is 1.68. The fourth-order valence-electron chi connectivity index (χ4n) is 2.06. The fraction of sp³-hybridized carbons (Fsp3) is 0.333. The first-order valence-electron chi connectivity index (χ1n) is 6.02. The van der Waals surface area contributed by atoms with E-state index < -0.39 is 0 Å². The van der Waals surface area contributed by atoms with Crippen LogP contribution < -0.4 is 4.74 Å². The van der Waals surface area contributed by atoms with E-state index in [0.29, 0.717) is 0 Å². The summed E-state index contributed by atoms with van der Waals surface area (Å²) in [5, 5.41) is 2.17. The van der Waals surface area contributed by atoms with E-state index in [0.717, 1.165) is 12.2 Å². The molecule has 0 aliphatic rings. The van der Waals surface area contributed by atoms with Crippen LogP contribution in [0.5, 0.6) is 5.75 Å². The molecule has 1 aromatic carbocycles. The predicted molar refractivity (Wildman–Crippen MR) is 82.2 cm³/mol. The van der Waals surface area contributed by atoms with Crippen molar-refractivity contribution in [3.63, 3.8) is 0 Å². The fourth-order valence-corrected chi connectivity index (χ4v) is 4.18. The van der Waals surface area contributed by atoms with Crippen LogP contribution in [0.3, 0.4) is 0 Å². The van der Waals surface area contributed by atoms with Gasteiger partial charge in [-0.2, -0.15) is 0 Å². The van der Waals surface area contributed by atoms with E-state index in [-0.39, 0.29) is 4.83 Å². The molecule has 0 radical (unpaired) electrons.